The summed E-state index contributed by atoms with van der Waals surface area (Å²) in [6, 6.07) is 4.20. The molecule has 0 radical (unpaired) electrons. The minimum absolute atomic E-state index is 0.284. The second-order valence-corrected chi connectivity index (χ2v) is 8.12. The average molecular weight is 342 g/mol. The summed E-state index contributed by atoms with van der Waals surface area (Å²) < 4.78 is 5.82. The lowest BCUT2D eigenvalue weighted by Crippen LogP contribution is -2.48. The van der Waals surface area contributed by atoms with Gasteiger partial charge in [0.05, 0.1) is 6.54 Å². The van der Waals surface area contributed by atoms with Crippen LogP contribution >= 0.6 is 23.1 Å². The molecule has 0 aliphatic carbocycles. The Balaban J connectivity index is 1.92. The van der Waals surface area contributed by atoms with Gasteiger partial charge in [-0.05, 0) is 37.0 Å². The summed E-state index contributed by atoms with van der Waals surface area (Å²) in [6.45, 7) is 8.66. The molecule has 1 aromatic rings. The Morgan fingerprint density at radius 2 is 2.18 bits per heavy atom. The van der Waals surface area contributed by atoms with Crippen LogP contribution in [0.2, 0.25) is 0 Å². The molecule has 1 aliphatic heterocycles. The predicted octanol–water partition coefficient (Wildman–Crippen LogP) is 3.11. The summed E-state index contributed by atoms with van der Waals surface area (Å²) in [5.74, 6) is 2.06. The van der Waals surface area contributed by atoms with Crippen LogP contribution in [0.4, 0.5) is 0 Å². The van der Waals surface area contributed by atoms with Crippen molar-refractivity contribution in [3.63, 3.8) is 0 Å². The number of thiophene rings is 1. The van der Waals surface area contributed by atoms with Gasteiger partial charge >= 0.3 is 0 Å². The van der Waals surface area contributed by atoms with Crippen molar-refractivity contribution in [3.8, 4) is 0 Å². The van der Waals surface area contributed by atoms with E-state index in [1.54, 1.807) is 11.3 Å². The van der Waals surface area contributed by atoms with Crippen LogP contribution in [0.5, 0.6) is 0 Å². The Hall–Kier alpha value is -0.720. The lowest BCUT2D eigenvalue weighted by molar-refractivity contribution is 0.0782. The van der Waals surface area contributed by atoms with Gasteiger partial charge in [0.25, 0.3) is 0 Å². The van der Waals surface area contributed by atoms with E-state index in [1.165, 1.54) is 4.88 Å². The third-order valence-corrected chi connectivity index (χ3v) is 6.06. The molecule has 1 aromatic heterocycles. The molecule has 0 atom stereocenters. The summed E-state index contributed by atoms with van der Waals surface area (Å²) in [7, 11) is 0. The highest BCUT2D eigenvalue weighted by atomic mass is 32.2. The van der Waals surface area contributed by atoms with Gasteiger partial charge in [-0.3, -0.25) is 0 Å². The van der Waals surface area contributed by atoms with Gasteiger partial charge in [-0.15, -0.1) is 11.3 Å². The number of hydrogen-bond donors (Lipinski definition) is 2. The SMILES string of the molecule is CCNC(=NCc1cccs1)NCC1(SCC)CCOCC1. The molecular formula is C16H27N3OS2. The Bertz CT molecular complexity index is 437. The number of ether oxygens (including phenoxy) is 1. The van der Waals surface area contributed by atoms with Crippen molar-refractivity contribution in [2.24, 2.45) is 4.99 Å². The van der Waals surface area contributed by atoms with E-state index in [-0.39, 0.29) is 4.75 Å². The molecule has 124 valence electrons. The maximum absolute atomic E-state index is 5.54. The Morgan fingerprint density at radius 3 is 2.82 bits per heavy atom. The van der Waals surface area contributed by atoms with E-state index < -0.39 is 0 Å². The highest BCUT2D eigenvalue weighted by molar-refractivity contribution is 8.00. The van der Waals surface area contributed by atoms with Gasteiger partial charge in [0, 0.05) is 35.9 Å². The molecule has 0 saturated carbocycles. The fourth-order valence-corrected chi connectivity index (χ4v) is 4.44. The fraction of sp³-hybridized carbons (Fsp3) is 0.688. The number of thioether (sulfide) groups is 1. The zero-order valence-corrected chi connectivity index (χ0v) is 15.2. The standard InChI is InChI=1S/C16H27N3OS2/c1-3-17-15(18-12-14-6-5-11-21-14)19-13-16(22-4-2)7-9-20-10-8-16/h5-6,11H,3-4,7-10,12-13H2,1-2H3,(H2,17,18,19). The van der Waals surface area contributed by atoms with Crippen molar-refractivity contribution in [3.05, 3.63) is 22.4 Å². The quantitative estimate of drug-likeness (QED) is 0.591. The first kappa shape index (κ1) is 17.6. The molecular weight excluding hydrogens is 314 g/mol. The van der Waals surface area contributed by atoms with Gasteiger partial charge < -0.3 is 15.4 Å². The third kappa shape index (κ3) is 5.48. The van der Waals surface area contributed by atoms with Crippen molar-refractivity contribution in [1.82, 2.24) is 10.6 Å². The number of aliphatic imine (C=N–C) groups is 1. The van der Waals surface area contributed by atoms with Crippen molar-refractivity contribution in [1.29, 1.82) is 0 Å². The highest BCUT2D eigenvalue weighted by Crippen LogP contribution is 2.34. The van der Waals surface area contributed by atoms with Crippen LogP contribution in [0, 0.1) is 0 Å². The smallest absolute Gasteiger partial charge is 0.191 e. The number of rotatable bonds is 7. The molecule has 6 heteroatoms. The summed E-state index contributed by atoms with van der Waals surface area (Å²) in [6.07, 6.45) is 2.23. The van der Waals surface area contributed by atoms with E-state index in [9.17, 15) is 0 Å². The third-order valence-electron chi connectivity index (χ3n) is 3.75. The van der Waals surface area contributed by atoms with E-state index in [4.69, 9.17) is 9.73 Å². The van der Waals surface area contributed by atoms with E-state index in [0.29, 0.717) is 0 Å². The second kappa shape index (κ2) is 9.43. The van der Waals surface area contributed by atoms with Gasteiger partial charge in [-0.2, -0.15) is 11.8 Å². The summed E-state index contributed by atoms with van der Waals surface area (Å²) in [5.41, 5.74) is 0. The zero-order valence-electron chi connectivity index (χ0n) is 13.6. The molecule has 22 heavy (non-hydrogen) atoms. The molecule has 1 aliphatic rings. The van der Waals surface area contributed by atoms with E-state index in [0.717, 1.165) is 57.4 Å². The van der Waals surface area contributed by atoms with Crippen molar-refractivity contribution in [2.75, 3.05) is 32.1 Å². The molecule has 2 N–H and O–H groups in total. The first-order valence-corrected chi connectivity index (χ1v) is 9.91. The van der Waals surface area contributed by atoms with Crippen LogP contribution in [0.15, 0.2) is 22.5 Å². The molecule has 2 rings (SSSR count). The first-order valence-electron chi connectivity index (χ1n) is 8.04. The number of nitrogens with zero attached hydrogens (tertiary/aromatic N) is 1. The van der Waals surface area contributed by atoms with Crippen molar-refractivity contribution in [2.45, 2.75) is 38.0 Å². The topological polar surface area (TPSA) is 45.7 Å². The van der Waals surface area contributed by atoms with Gasteiger partial charge in [0.15, 0.2) is 5.96 Å². The van der Waals surface area contributed by atoms with Gasteiger partial charge in [-0.25, -0.2) is 4.99 Å². The normalized spacial score (nSPS) is 18.2. The monoisotopic (exact) mass is 341 g/mol. The molecule has 1 saturated heterocycles. The molecule has 4 nitrogen and oxygen atoms in total. The molecule has 2 heterocycles. The van der Waals surface area contributed by atoms with E-state index in [2.05, 4.69) is 53.8 Å². The number of nitrogens with one attached hydrogen (secondary N) is 2. The fourth-order valence-electron chi connectivity index (χ4n) is 2.57. The van der Waals surface area contributed by atoms with Gasteiger partial charge in [-0.1, -0.05) is 13.0 Å². The molecule has 1 fully saturated rings. The average Bonchev–Trinajstić information content (AvgIpc) is 3.05. The lowest BCUT2D eigenvalue weighted by atomic mass is 9.99. The predicted molar refractivity (Wildman–Crippen MR) is 98.1 cm³/mol. The molecule has 0 amide bonds. The Labute approximate surface area is 142 Å². The second-order valence-electron chi connectivity index (χ2n) is 5.36. The maximum Gasteiger partial charge on any atom is 0.191 e. The first-order chi connectivity index (χ1) is 10.8. The minimum Gasteiger partial charge on any atom is -0.381 e. The molecule has 0 unspecified atom stereocenters. The molecule has 0 aromatic carbocycles. The summed E-state index contributed by atoms with van der Waals surface area (Å²) in [4.78, 5) is 5.99. The van der Waals surface area contributed by atoms with Crippen molar-refractivity contribution < 1.29 is 4.74 Å². The number of guanidine groups is 1. The van der Waals surface area contributed by atoms with Crippen LogP contribution in [0.1, 0.15) is 31.6 Å². The van der Waals surface area contributed by atoms with E-state index >= 15 is 0 Å². The summed E-state index contributed by atoms with van der Waals surface area (Å²) >= 11 is 3.81. The largest absolute Gasteiger partial charge is 0.381 e. The molecule has 0 spiro atoms. The minimum atomic E-state index is 0.284. The van der Waals surface area contributed by atoms with Crippen LogP contribution in [0.3, 0.4) is 0 Å². The Kier molecular flexibility index (Phi) is 7.55. The maximum atomic E-state index is 5.54. The van der Waals surface area contributed by atoms with E-state index in [1.807, 2.05) is 0 Å². The zero-order chi connectivity index (χ0) is 15.7. The highest BCUT2D eigenvalue weighted by Gasteiger charge is 2.32. The Morgan fingerprint density at radius 1 is 1.36 bits per heavy atom. The number of hydrogen-bond acceptors (Lipinski definition) is 4. The summed E-state index contributed by atoms with van der Waals surface area (Å²) in [5, 5.41) is 8.99. The van der Waals surface area contributed by atoms with Gasteiger partial charge in [0.1, 0.15) is 0 Å². The van der Waals surface area contributed by atoms with Crippen LogP contribution in [-0.4, -0.2) is 42.8 Å². The molecule has 0 bridgehead atoms. The van der Waals surface area contributed by atoms with Gasteiger partial charge in [0.2, 0.25) is 0 Å². The van der Waals surface area contributed by atoms with Crippen LogP contribution in [0.25, 0.3) is 0 Å². The lowest BCUT2D eigenvalue weighted by Gasteiger charge is -2.37. The van der Waals surface area contributed by atoms with Crippen molar-refractivity contribution >= 4 is 29.1 Å². The van der Waals surface area contributed by atoms with Crippen LogP contribution < -0.4 is 10.6 Å². The van der Waals surface area contributed by atoms with Crippen LogP contribution in [-0.2, 0) is 11.3 Å².